The van der Waals surface area contributed by atoms with E-state index < -0.39 is 15.9 Å². The number of aryl methyl sites for hydroxylation is 1. The van der Waals surface area contributed by atoms with Crippen molar-refractivity contribution in [3.05, 3.63) is 52.0 Å². The molecule has 0 aromatic heterocycles. The molecule has 2 aromatic rings. The number of halogens is 1. The molecule has 0 saturated heterocycles. The van der Waals surface area contributed by atoms with Gasteiger partial charge in [0.2, 0.25) is 10.0 Å². The first-order valence-electron chi connectivity index (χ1n) is 7.53. The minimum atomic E-state index is -3.76. The van der Waals surface area contributed by atoms with Crippen molar-refractivity contribution >= 4 is 37.5 Å². The lowest BCUT2D eigenvalue weighted by Gasteiger charge is -2.12. The van der Waals surface area contributed by atoms with Gasteiger partial charge in [0.15, 0.2) is 0 Å². The van der Waals surface area contributed by atoms with Gasteiger partial charge in [-0.2, -0.15) is 0 Å². The quantitative estimate of drug-likeness (QED) is 0.741. The molecule has 0 aliphatic rings. The summed E-state index contributed by atoms with van der Waals surface area (Å²) in [4.78, 5) is 12.4. The Balaban J connectivity index is 2.37. The Kier molecular flexibility index (Phi) is 6.21. The molecule has 0 radical (unpaired) electrons. The zero-order valence-electron chi connectivity index (χ0n) is 14.1. The Morgan fingerprint density at radius 2 is 1.92 bits per heavy atom. The van der Waals surface area contributed by atoms with Gasteiger partial charge in [0.25, 0.3) is 5.91 Å². The molecule has 134 valence electrons. The van der Waals surface area contributed by atoms with Gasteiger partial charge in [-0.1, -0.05) is 13.0 Å². The summed E-state index contributed by atoms with van der Waals surface area (Å²) in [5, 5.41) is 2.76. The number of hydrogen-bond donors (Lipinski definition) is 2. The Bertz CT molecular complexity index is 898. The number of anilines is 1. The van der Waals surface area contributed by atoms with Gasteiger partial charge < -0.3 is 10.1 Å². The molecule has 2 N–H and O–H groups in total. The summed E-state index contributed by atoms with van der Waals surface area (Å²) in [6.07, 6.45) is 0. The molecule has 0 spiro atoms. The second kappa shape index (κ2) is 7.99. The summed E-state index contributed by atoms with van der Waals surface area (Å²) in [5.41, 5.74) is 1.86. The lowest BCUT2D eigenvalue weighted by atomic mass is 10.2. The van der Waals surface area contributed by atoms with Crippen LogP contribution in [0.3, 0.4) is 0 Å². The van der Waals surface area contributed by atoms with E-state index >= 15 is 0 Å². The Hall–Kier alpha value is -1.90. The molecule has 0 saturated carbocycles. The van der Waals surface area contributed by atoms with Gasteiger partial charge in [0.05, 0.1) is 12.8 Å². The minimum absolute atomic E-state index is 0.0764. The molecular weight excluding hydrogens is 408 g/mol. The highest BCUT2D eigenvalue weighted by Crippen LogP contribution is 2.27. The van der Waals surface area contributed by atoms with Crippen LogP contribution < -0.4 is 14.8 Å². The molecule has 25 heavy (non-hydrogen) atoms. The van der Waals surface area contributed by atoms with Crippen LogP contribution in [0.2, 0.25) is 0 Å². The highest BCUT2D eigenvalue weighted by molar-refractivity contribution is 9.10. The number of carbonyl (C=O) groups is 1. The van der Waals surface area contributed by atoms with Gasteiger partial charge in [0.1, 0.15) is 10.6 Å². The van der Waals surface area contributed by atoms with Crippen molar-refractivity contribution in [3.8, 4) is 5.75 Å². The van der Waals surface area contributed by atoms with Crippen LogP contribution in [0.4, 0.5) is 5.69 Å². The fraction of sp³-hybridized carbons (Fsp3) is 0.235. The van der Waals surface area contributed by atoms with Gasteiger partial charge >= 0.3 is 0 Å². The zero-order chi connectivity index (χ0) is 18.6. The number of amides is 1. The van der Waals surface area contributed by atoms with Crippen molar-refractivity contribution in [1.82, 2.24) is 4.72 Å². The minimum Gasteiger partial charge on any atom is -0.495 e. The number of hydrogen-bond acceptors (Lipinski definition) is 4. The fourth-order valence-corrected chi connectivity index (χ4v) is 4.04. The molecule has 0 heterocycles. The van der Waals surface area contributed by atoms with Crippen molar-refractivity contribution in [2.45, 2.75) is 18.7 Å². The molecule has 1 amide bonds. The van der Waals surface area contributed by atoms with E-state index in [0.29, 0.717) is 5.69 Å². The lowest BCUT2D eigenvalue weighted by Crippen LogP contribution is -2.24. The fourth-order valence-electron chi connectivity index (χ4n) is 2.21. The highest BCUT2D eigenvalue weighted by Gasteiger charge is 2.21. The molecule has 6 nitrogen and oxygen atoms in total. The van der Waals surface area contributed by atoms with E-state index in [1.54, 1.807) is 13.0 Å². The summed E-state index contributed by atoms with van der Waals surface area (Å²) >= 11 is 3.40. The number of carbonyl (C=O) groups excluding carboxylic acids is 1. The second-order valence-electron chi connectivity index (χ2n) is 5.30. The van der Waals surface area contributed by atoms with E-state index in [4.69, 9.17) is 4.74 Å². The maximum atomic E-state index is 12.5. The number of rotatable bonds is 6. The van der Waals surface area contributed by atoms with Crippen LogP contribution in [0.25, 0.3) is 0 Å². The van der Waals surface area contributed by atoms with Gasteiger partial charge in [0, 0.05) is 16.6 Å². The molecule has 0 aliphatic carbocycles. The summed E-state index contributed by atoms with van der Waals surface area (Å²) in [6, 6.07) is 9.80. The standard InChI is InChI=1S/C17H19BrN2O4S/c1-4-19-25(22,23)16-10-12(6-8-15(16)24-3)17(21)20-14-7-5-11(2)9-13(14)18/h5-10,19H,4H2,1-3H3,(H,20,21). The Morgan fingerprint density at radius 3 is 2.52 bits per heavy atom. The largest absolute Gasteiger partial charge is 0.495 e. The van der Waals surface area contributed by atoms with Crippen LogP contribution in [0.5, 0.6) is 5.75 Å². The van der Waals surface area contributed by atoms with E-state index in [2.05, 4.69) is 26.0 Å². The lowest BCUT2D eigenvalue weighted by molar-refractivity contribution is 0.102. The molecule has 0 fully saturated rings. The molecule has 0 bridgehead atoms. The van der Waals surface area contributed by atoms with Crippen LogP contribution in [-0.2, 0) is 10.0 Å². The maximum Gasteiger partial charge on any atom is 0.255 e. The number of nitrogens with one attached hydrogen (secondary N) is 2. The van der Waals surface area contributed by atoms with Gasteiger partial charge in [-0.15, -0.1) is 0 Å². The average molecular weight is 427 g/mol. The number of ether oxygens (including phenoxy) is 1. The molecule has 8 heteroatoms. The maximum absolute atomic E-state index is 12.5. The van der Waals surface area contributed by atoms with E-state index in [0.717, 1.165) is 10.0 Å². The highest BCUT2D eigenvalue weighted by atomic mass is 79.9. The summed E-state index contributed by atoms with van der Waals surface area (Å²) < 4.78 is 32.9. The Morgan fingerprint density at radius 1 is 1.20 bits per heavy atom. The van der Waals surface area contributed by atoms with Crippen molar-refractivity contribution in [2.75, 3.05) is 19.0 Å². The van der Waals surface area contributed by atoms with Crippen molar-refractivity contribution < 1.29 is 17.9 Å². The molecule has 2 rings (SSSR count). The van der Waals surface area contributed by atoms with Gasteiger partial charge in [-0.25, -0.2) is 13.1 Å². The van der Waals surface area contributed by atoms with Crippen LogP contribution in [0, 0.1) is 6.92 Å². The third-order valence-electron chi connectivity index (χ3n) is 3.42. The predicted molar refractivity (Wildman–Crippen MR) is 101 cm³/mol. The van der Waals surface area contributed by atoms with E-state index in [-0.39, 0.29) is 22.8 Å². The molecule has 0 unspecified atom stereocenters. The zero-order valence-corrected chi connectivity index (χ0v) is 16.5. The van der Waals surface area contributed by atoms with Crippen LogP contribution in [-0.4, -0.2) is 28.0 Å². The number of methoxy groups -OCH3 is 1. The first-order valence-corrected chi connectivity index (χ1v) is 9.81. The van der Waals surface area contributed by atoms with E-state index in [1.165, 1.54) is 25.3 Å². The summed E-state index contributed by atoms with van der Waals surface area (Å²) in [5.74, 6) is -0.242. The molecule has 0 aliphatic heterocycles. The third-order valence-corrected chi connectivity index (χ3v) is 5.65. The predicted octanol–water partition coefficient (Wildman–Crippen LogP) is 3.32. The van der Waals surface area contributed by atoms with Crippen molar-refractivity contribution in [2.24, 2.45) is 0 Å². The summed E-state index contributed by atoms with van der Waals surface area (Å²) in [7, 11) is -2.38. The number of sulfonamides is 1. The van der Waals surface area contributed by atoms with Crippen LogP contribution >= 0.6 is 15.9 Å². The Labute approximate surface area is 155 Å². The van der Waals surface area contributed by atoms with Crippen LogP contribution in [0.15, 0.2) is 45.8 Å². The topological polar surface area (TPSA) is 84.5 Å². The van der Waals surface area contributed by atoms with Crippen molar-refractivity contribution in [3.63, 3.8) is 0 Å². The molecule has 2 aromatic carbocycles. The molecular formula is C17H19BrN2O4S. The van der Waals surface area contributed by atoms with Gasteiger partial charge in [-0.05, 0) is 58.7 Å². The van der Waals surface area contributed by atoms with Crippen LogP contribution in [0.1, 0.15) is 22.8 Å². The molecule has 0 atom stereocenters. The monoisotopic (exact) mass is 426 g/mol. The average Bonchev–Trinajstić information content (AvgIpc) is 2.56. The smallest absolute Gasteiger partial charge is 0.255 e. The second-order valence-corrected chi connectivity index (χ2v) is 7.89. The normalized spacial score (nSPS) is 11.2. The SMILES string of the molecule is CCNS(=O)(=O)c1cc(C(=O)Nc2ccc(C)cc2Br)ccc1OC. The third kappa shape index (κ3) is 4.59. The van der Waals surface area contributed by atoms with Crippen molar-refractivity contribution in [1.29, 1.82) is 0 Å². The summed E-state index contributed by atoms with van der Waals surface area (Å²) in [6.45, 7) is 3.85. The first-order chi connectivity index (χ1) is 11.8. The number of benzene rings is 2. The van der Waals surface area contributed by atoms with Gasteiger partial charge in [-0.3, -0.25) is 4.79 Å². The first kappa shape index (κ1) is 19.4. The van der Waals surface area contributed by atoms with E-state index in [1.807, 2.05) is 19.1 Å². The van der Waals surface area contributed by atoms with E-state index in [9.17, 15) is 13.2 Å².